The van der Waals surface area contributed by atoms with E-state index in [0.717, 1.165) is 29.9 Å². The van der Waals surface area contributed by atoms with Gasteiger partial charge in [-0.05, 0) is 60.3 Å². The van der Waals surface area contributed by atoms with Gasteiger partial charge in [-0.15, -0.1) is 0 Å². The zero-order valence-corrected chi connectivity index (χ0v) is 14.3. The van der Waals surface area contributed by atoms with Crippen LogP contribution >= 0.6 is 0 Å². The molecule has 2 heteroatoms. The van der Waals surface area contributed by atoms with Crippen LogP contribution in [0, 0.1) is 11.8 Å². The van der Waals surface area contributed by atoms with Gasteiger partial charge in [-0.1, -0.05) is 66.7 Å². The van der Waals surface area contributed by atoms with Gasteiger partial charge in [0, 0.05) is 6.08 Å². The van der Waals surface area contributed by atoms with Gasteiger partial charge in [-0.3, -0.25) is 0 Å². The SMILES string of the molecule is C1=CC2CCC1C2.O=C(O)C=Cc1ccc(Cc2ccccc2)cc1. The number of benzene rings is 2. The van der Waals surface area contributed by atoms with Crippen molar-refractivity contribution in [3.05, 3.63) is 89.5 Å². The van der Waals surface area contributed by atoms with Crippen LogP contribution in [0.25, 0.3) is 6.08 Å². The van der Waals surface area contributed by atoms with Gasteiger partial charge in [0.25, 0.3) is 0 Å². The minimum absolute atomic E-state index is 0.893. The highest BCUT2D eigenvalue weighted by Gasteiger charge is 2.25. The molecule has 0 aliphatic heterocycles. The smallest absolute Gasteiger partial charge is 0.328 e. The Morgan fingerprint density at radius 2 is 1.52 bits per heavy atom. The summed E-state index contributed by atoms with van der Waals surface area (Å²) in [4.78, 5) is 10.4. The lowest BCUT2D eigenvalue weighted by Gasteiger charge is -2.02. The van der Waals surface area contributed by atoms with Gasteiger partial charge >= 0.3 is 5.97 Å². The molecule has 0 heterocycles. The van der Waals surface area contributed by atoms with E-state index in [1.54, 1.807) is 6.08 Å². The third kappa shape index (κ3) is 5.46. The van der Waals surface area contributed by atoms with Crippen molar-refractivity contribution in [2.75, 3.05) is 0 Å². The second-order valence-corrected chi connectivity index (χ2v) is 6.79. The topological polar surface area (TPSA) is 37.3 Å². The summed E-state index contributed by atoms with van der Waals surface area (Å²) in [7, 11) is 0. The molecule has 2 bridgehead atoms. The largest absolute Gasteiger partial charge is 0.478 e. The van der Waals surface area contributed by atoms with Crippen LogP contribution in [0.1, 0.15) is 36.0 Å². The minimum Gasteiger partial charge on any atom is -0.478 e. The molecule has 2 aliphatic carbocycles. The third-order valence-corrected chi connectivity index (χ3v) is 4.82. The van der Waals surface area contributed by atoms with Gasteiger partial charge in [0.05, 0.1) is 0 Å². The Labute approximate surface area is 149 Å². The van der Waals surface area contributed by atoms with Gasteiger partial charge in [0.15, 0.2) is 0 Å². The third-order valence-electron chi connectivity index (χ3n) is 4.82. The molecule has 2 nitrogen and oxygen atoms in total. The first-order valence-electron chi connectivity index (χ1n) is 8.91. The van der Waals surface area contributed by atoms with Crippen molar-refractivity contribution in [2.45, 2.75) is 25.7 Å². The Hall–Kier alpha value is -2.61. The van der Waals surface area contributed by atoms with Crippen LogP contribution in [0.2, 0.25) is 0 Å². The van der Waals surface area contributed by atoms with Gasteiger partial charge in [-0.25, -0.2) is 4.79 Å². The van der Waals surface area contributed by atoms with Crippen LogP contribution in [-0.2, 0) is 11.2 Å². The highest BCUT2D eigenvalue weighted by molar-refractivity contribution is 5.85. The van der Waals surface area contributed by atoms with E-state index >= 15 is 0 Å². The lowest BCUT2D eigenvalue weighted by atomic mass is 10.0. The highest BCUT2D eigenvalue weighted by atomic mass is 16.4. The van der Waals surface area contributed by atoms with E-state index in [0.29, 0.717) is 0 Å². The van der Waals surface area contributed by atoms with Crippen molar-refractivity contribution < 1.29 is 9.90 Å². The molecule has 1 fully saturated rings. The van der Waals surface area contributed by atoms with E-state index in [4.69, 9.17) is 5.11 Å². The molecular formula is C23H24O2. The standard InChI is InChI=1S/C16H14O2.C7H10/c17-16(18)11-10-13-6-8-15(9-7-13)12-14-4-2-1-3-5-14;1-2-7-4-3-6(1)5-7/h1-11H,12H2,(H,17,18);1-2,6-7H,3-5H2. The van der Waals surface area contributed by atoms with Crippen molar-refractivity contribution in [3.8, 4) is 0 Å². The van der Waals surface area contributed by atoms with E-state index in [2.05, 4.69) is 24.3 Å². The Bertz CT molecular complexity index is 729. The Morgan fingerprint density at radius 1 is 0.920 bits per heavy atom. The van der Waals surface area contributed by atoms with Crippen molar-refractivity contribution in [1.82, 2.24) is 0 Å². The lowest BCUT2D eigenvalue weighted by molar-refractivity contribution is -0.131. The fraction of sp³-hybridized carbons (Fsp3) is 0.261. The Morgan fingerprint density at radius 3 is 2.00 bits per heavy atom. The molecule has 0 radical (unpaired) electrons. The Kier molecular flexibility index (Phi) is 5.84. The molecule has 0 saturated heterocycles. The summed E-state index contributed by atoms with van der Waals surface area (Å²) in [6, 6.07) is 18.1. The van der Waals surface area contributed by atoms with Crippen molar-refractivity contribution in [2.24, 2.45) is 11.8 Å². The quantitative estimate of drug-likeness (QED) is 0.605. The molecule has 0 amide bonds. The van der Waals surface area contributed by atoms with Gasteiger partial charge in [0.1, 0.15) is 0 Å². The molecular weight excluding hydrogens is 308 g/mol. The first-order valence-corrected chi connectivity index (χ1v) is 8.91. The summed E-state index contributed by atoms with van der Waals surface area (Å²) in [5, 5.41) is 8.54. The van der Waals surface area contributed by atoms with Crippen LogP contribution in [0.3, 0.4) is 0 Å². The average molecular weight is 332 g/mol. The summed E-state index contributed by atoms with van der Waals surface area (Å²) < 4.78 is 0. The van der Waals surface area contributed by atoms with Crippen molar-refractivity contribution in [1.29, 1.82) is 0 Å². The summed E-state index contributed by atoms with van der Waals surface area (Å²) in [6.45, 7) is 0. The molecule has 2 atom stereocenters. The number of aliphatic carboxylic acids is 1. The van der Waals surface area contributed by atoms with Crippen molar-refractivity contribution in [3.63, 3.8) is 0 Å². The summed E-state index contributed by atoms with van der Waals surface area (Å²) in [6.07, 6.45) is 12.8. The summed E-state index contributed by atoms with van der Waals surface area (Å²) >= 11 is 0. The predicted octanol–water partition coefficient (Wildman–Crippen LogP) is 5.35. The van der Waals surface area contributed by atoms with Crippen LogP contribution < -0.4 is 0 Å². The molecule has 25 heavy (non-hydrogen) atoms. The molecule has 2 aromatic rings. The number of carboxylic acids is 1. The molecule has 4 rings (SSSR count). The molecule has 1 saturated carbocycles. The fourth-order valence-electron chi connectivity index (χ4n) is 3.46. The van der Waals surface area contributed by atoms with Crippen LogP contribution in [-0.4, -0.2) is 11.1 Å². The first-order chi connectivity index (χ1) is 12.2. The molecule has 2 aromatic carbocycles. The number of allylic oxidation sites excluding steroid dienone is 2. The maximum absolute atomic E-state index is 10.4. The number of carbonyl (C=O) groups is 1. The molecule has 2 unspecified atom stereocenters. The normalized spacial score (nSPS) is 20.5. The van der Waals surface area contributed by atoms with E-state index in [1.807, 2.05) is 42.5 Å². The van der Waals surface area contributed by atoms with E-state index in [9.17, 15) is 4.79 Å². The van der Waals surface area contributed by atoms with E-state index in [1.165, 1.54) is 30.4 Å². The van der Waals surface area contributed by atoms with E-state index < -0.39 is 5.97 Å². The Balaban J connectivity index is 0.000000213. The number of hydrogen-bond donors (Lipinski definition) is 1. The second kappa shape index (κ2) is 8.48. The molecule has 2 aliphatic rings. The monoisotopic (exact) mass is 332 g/mol. The number of hydrogen-bond acceptors (Lipinski definition) is 1. The first kappa shape index (κ1) is 17.2. The van der Waals surface area contributed by atoms with Crippen LogP contribution in [0.4, 0.5) is 0 Å². The van der Waals surface area contributed by atoms with E-state index in [-0.39, 0.29) is 0 Å². The number of carboxylic acid groups (broad SMARTS) is 1. The second-order valence-electron chi connectivity index (χ2n) is 6.79. The predicted molar refractivity (Wildman–Crippen MR) is 102 cm³/mol. The average Bonchev–Trinajstić information content (AvgIpc) is 3.28. The molecule has 128 valence electrons. The molecule has 1 N–H and O–H groups in total. The highest BCUT2D eigenvalue weighted by Crippen LogP contribution is 2.38. The lowest BCUT2D eigenvalue weighted by Crippen LogP contribution is -1.88. The molecule has 0 aromatic heterocycles. The summed E-state index contributed by atoms with van der Waals surface area (Å²) in [5.41, 5.74) is 3.38. The maximum Gasteiger partial charge on any atom is 0.328 e. The van der Waals surface area contributed by atoms with Crippen LogP contribution in [0.15, 0.2) is 72.8 Å². The number of fused-ring (bicyclic) bond motifs is 2. The minimum atomic E-state index is -0.927. The zero-order chi connectivity index (χ0) is 17.5. The molecule has 0 spiro atoms. The maximum atomic E-state index is 10.4. The summed E-state index contributed by atoms with van der Waals surface area (Å²) in [5.74, 6) is 1.05. The van der Waals surface area contributed by atoms with Crippen LogP contribution in [0.5, 0.6) is 0 Å². The van der Waals surface area contributed by atoms with Gasteiger partial charge in [-0.2, -0.15) is 0 Å². The zero-order valence-electron chi connectivity index (χ0n) is 14.3. The number of rotatable bonds is 4. The van der Waals surface area contributed by atoms with Gasteiger partial charge in [0.2, 0.25) is 0 Å². The fourth-order valence-corrected chi connectivity index (χ4v) is 3.46. The van der Waals surface area contributed by atoms with Crippen molar-refractivity contribution >= 4 is 12.0 Å². The van der Waals surface area contributed by atoms with Gasteiger partial charge < -0.3 is 5.11 Å².